The molecule has 1 aliphatic rings. The van der Waals surface area contributed by atoms with Crippen LogP contribution in [0.3, 0.4) is 0 Å². The summed E-state index contributed by atoms with van der Waals surface area (Å²) in [4.78, 5) is 28.3. The van der Waals surface area contributed by atoms with Crippen LogP contribution in [0.5, 0.6) is 0 Å². The molecule has 2 aromatic heterocycles. The van der Waals surface area contributed by atoms with Crippen molar-refractivity contribution in [2.75, 3.05) is 26.0 Å². The number of amides is 1. The molecule has 162 valence electrons. The minimum Gasteiger partial charge on any atom is -0.481 e. The van der Waals surface area contributed by atoms with Crippen molar-refractivity contribution in [1.82, 2.24) is 9.30 Å². The maximum Gasteiger partial charge on any atom is 0.307 e. The topological polar surface area (TPSA) is 65.3 Å². The molecule has 1 amide bonds. The molecule has 0 saturated carbocycles. The number of benzene rings is 1. The lowest BCUT2D eigenvalue weighted by atomic mass is 9.89. The maximum atomic E-state index is 13.0. The Labute approximate surface area is 182 Å². The van der Waals surface area contributed by atoms with E-state index >= 15 is 0 Å². The smallest absolute Gasteiger partial charge is 0.307 e. The van der Waals surface area contributed by atoms with E-state index in [4.69, 9.17) is 0 Å². The number of pyridine rings is 1. The molecule has 0 radical (unpaired) electrons. The number of carbonyl (C=O) groups excluding carboxylic acids is 1. The van der Waals surface area contributed by atoms with Gasteiger partial charge in [0.1, 0.15) is 0 Å². The molecular formula is C25H29N3O3. The van der Waals surface area contributed by atoms with E-state index in [1.807, 2.05) is 79.6 Å². The number of likely N-dealkylation sites (N-methyl/N-ethyl adjacent to an activating group) is 1. The number of nitrogens with zero attached hydrogens (tertiary/aromatic N) is 3. The fourth-order valence-electron chi connectivity index (χ4n) is 4.65. The highest BCUT2D eigenvalue weighted by Crippen LogP contribution is 2.32. The summed E-state index contributed by atoms with van der Waals surface area (Å²) in [6, 6.07) is 14.1. The number of aromatic nitrogens is 1. The standard InChI is InChI=1S/C25H29N3O3/c1-26(2)18-9-7-17(8-10-18)14-24(29)27(3)19-11-12-20-21(16-25(30)31)22-6-4-5-13-28(22)23(20)15-19/h4-10,13,19H,11-12,14-16H2,1-3H3,(H,30,31)/t19-/m1/s1. The van der Waals surface area contributed by atoms with Crippen LogP contribution in [0, 0.1) is 0 Å². The van der Waals surface area contributed by atoms with E-state index < -0.39 is 5.97 Å². The van der Waals surface area contributed by atoms with Gasteiger partial charge >= 0.3 is 5.97 Å². The Morgan fingerprint density at radius 1 is 1.06 bits per heavy atom. The first kappa shape index (κ1) is 21.0. The number of carboxylic acids is 1. The van der Waals surface area contributed by atoms with Gasteiger partial charge in [-0.1, -0.05) is 18.2 Å². The van der Waals surface area contributed by atoms with Gasteiger partial charge in [-0.05, 0) is 53.8 Å². The average Bonchev–Trinajstić information content (AvgIpc) is 3.06. The van der Waals surface area contributed by atoms with Crippen LogP contribution >= 0.6 is 0 Å². The van der Waals surface area contributed by atoms with Gasteiger partial charge in [0.25, 0.3) is 0 Å². The summed E-state index contributed by atoms with van der Waals surface area (Å²) in [6.45, 7) is 0. The Bertz CT molecular complexity index is 1110. The first-order valence-electron chi connectivity index (χ1n) is 10.7. The van der Waals surface area contributed by atoms with E-state index in [1.165, 1.54) is 0 Å². The van der Waals surface area contributed by atoms with Gasteiger partial charge in [-0.3, -0.25) is 9.59 Å². The largest absolute Gasteiger partial charge is 0.481 e. The molecule has 0 bridgehead atoms. The summed E-state index contributed by atoms with van der Waals surface area (Å²) in [5, 5.41) is 9.38. The Morgan fingerprint density at radius 3 is 2.48 bits per heavy atom. The third-order valence-electron chi connectivity index (χ3n) is 6.41. The highest BCUT2D eigenvalue weighted by atomic mass is 16.4. The molecule has 6 heteroatoms. The van der Waals surface area contributed by atoms with E-state index in [0.29, 0.717) is 6.42 Å². The number of rotatable bonds is 6. The second-order valence-electron chi connectivity index (χ2n) is 8.57. The Morgan fingerprint density at radius 2 is 1.81 bits per heavy atom. The van der Waals surface area contributed by atoms with E-state index in [-0.39, 0.29) is 18.4 Å². The number of anilines is 1. The zero-order chi connectivity index (χ0) is 22.1. The predicted molar refractivity (Wildman–Crippen MR) is 122 cm³/mol. The number of aliphatic carboxylic acids is 1. The number of carbonyl (C=O) groups is 2. The van der Waals surface area contributed by atoms with Crippen LogP contribution in [0.1, 0.15) is 28.8 Å². The van der Waals surface area contributed by atoms with Gasteiger partial charge < -0.3 is 19.3 Å². The Balaban J connectivity index is 1.53. The SMILES string of the molecule is CN(C)c1ccc(CC(=O)N(C)[C@@H]2CCc3c(CC(=O)O)c4ccccn4c3C2)cc1. The van der Waals surface area contributed by atoms with E-state index in [0.717, 1.165) is 52.9 Å². The van der Waals surface area contributed by atoms with Crippen LogP contribution < -0.4 is 4.90 Å². The van der Waals surface area contributed by atoms with Crippen LogP contribution in [0.15, 0.2) is 48.7 Å². The zero-order valence-electron chi connectivity index (χ0n) is 18.3. The number of carboxylic acid groups (broad SMARTS) is 1. The van der Waals surface area contributed by atoms with Gasteiger partial charge in [0.2, 0.25) is 5.91 Å². The van der Waals surface area contributed by atoms with Crippen molar-refractivity contribution in [3.05, 3.63) is 71.0 Å². The van der Waals surface area contributed by atoms with Gasteiger partial charge in [-0.2, -0.15) is 0 Å². The second-order valence-corrected chi connectivity index (χ2v) is 8.57. The molecule has 1 atom stereocenters. The predicted octanol–water partition coefficient (Wildman–Crippen LogP) is 3.19. The fourth-order valence-corrected chi connectivity index (χ4v) is 4.65. The number of hydrogen-bond donors (Lipinski definition) is 1. The molecule has 0 spiro atoms. The molecule has 1 aromatic carbocycles. The van der Waals surface area contributed by atoms with Crippen molar-refractivity contribution in [1.29, 1.82) is 0 Å². The van der Waals surface area contributed by atoms with E-state index in [9.17, 15) is 14.7 Å². The fraction of sp³-hybridized carbons (Fsp3) is 0.360. The first-order valence-corrected chi connectivity index (χ1v) is 10.7. The van der Waals surface area contributed by atoms with Crippen molar-refractivity contribution in [2.24, 2.45) is 0 Å². The average molecular weight is 420 g/mol. The summed E-state index contributed by atoms with van der Waals surface area (Å²) in [6.07, 6.45) is 4.79. The van der Waals surface area contributed by atoms with Crippen molar-refractivity contribution < 1.29 is 14.7 Å². The van der Waals surface area contributed by atoms with Crippen LogP contribution in [0.25, 0.3) is 5.52 Å². The lowest BCUT2D eigenvalue weighted by Gasteiger charge is -2.32. The minimum atomic E-state index is -0.811. The summed E-state index contributed by atoms with van der Waals surface area (Å²) in [5.41, 5.74) is 6.28. The van der Waals surface area contributed by atoms with Crippen molar-refractivity contribution in [3.8, 4) is 0 Å². The quantitative estimate of drug-likeness (QED) is 0.667. The molecule has 31 heavy (non-hydrogen) atoms. The van der Waals surface area contributed by atoms with Crippen LogP contribution in [0.4, 0.5) is 5.69 Å². The first-order chi connectivity index (χ1) is 14.8. The van der Waals surface area contributed by atoms with Gasteiger partial charge in [0.05, 0.1) is 12.8 Å². The monoisotopic (exact) mass is 419 g/mol. The van der Waals surface area contributed by atoms with E-state index in [1.54, 1.807) is 0 Å². The second kappa shape index (κ2) is 8.46. The molecule has 3 aromatic rings. The molecule has 0 fully saturated rings. The highest BCUT2D eigenvalue weighted by molar-refractivity contribution is 5.79. The zero-order valence-corrected chi connectivity index (χ0v) is 18.3. The molecule has 0 aliphatic heterocycles. The lowest BCUT2D eigenvalue weighted by Crippen LogP contribution is -2.41. The number of hydrogen-bond acceptors (Lipinski definition) is 3. The molecule has 4 rings (SSSR count). The molecule has 1 N–H and O–H groups in total. The van der Waals surface area contributed by atoms with Gasteiger partial charge in [0.15, 0.2) is 0 Å². The normalized spacial score (nSPS) is 15.5. The molecule has 2 heterocycles. The van der Waals surface area contributed by atoms with Gasteiger partial charge in [-0.15, -0.1) is 0 Å². The summed E-state index contributed by atoms with van der Waals surface area (Å²) < 4.78 is 2.11. The highest BCUT2D eigenvalue weighted by Gasteiger charge is 2.30. The van der Waals surface area contributed by atoms with Gasteiger partial charge in [0, 0.05) is 56.7 Å². The van der Waals surface area contributed by atoms with Crippen LogP contribution in [-0.4, -0.2) is 53.5 Å². The molecular weight excluding hydrogens is 390 g/mol. The van der Waals surface area contributed by atoms with Crippen LogP contribution in [0.2, 0.25) is 0 Å². The van der Waals surface area contributed by atoms with Crippen molar-refractivity contribution in [3.63, 3.8) is 0 Å². The third kappa shape index (κ3) is 4.15. The Hall–Kier alpha value is -3.28. The summed E-state index contributed by atoms with van der Waals surface area (Å²) in [7, 11) is 5.89. The summed E-state index contributed by atoms with van der Waals surface area (Å²) >= 11 is 0. The van der Waals surface area contributed by atoms with Crippen molar-refractivity contribution >= 4 is 23.1 Å². The number of fused-ring (bicyclic) bond motifs is 3. The lowest BCUT2D eigenvalue weighted by molar-refractivity contribution is -0.136. The maximum absolute atomic E-state index is 13.0. The van der Waals surface area contributed by atoms with Crippen molar-refractivity contribution in [2.45, 2.75) is 38.1 Å². The minimum absolute atomic E-state index is 0.0330. The van der Waals surface area contributed by atoms with Crippen LogP contribution in [-0.2, 0) is 35.3 Å². The molecule has 6 nitrogen and oxygen atoms in total. The molecule has 1 aliphatic carbocycles. The summed E-state index contributed by atoms with van der Waals surface area (Å²) in [5.74, 6) is -0.702. The van der Waals surface area contributed by atoms with E-state index in [2.05, 4.69) is 4.40 Å². The third-order valence-corrected chi connectivity index (χ3v) is 6.41. The molecule has 0 saturated heterocycles. The Kier molecular flexibility index (Phi) is 5.72. The van der Waals surface area contributed by atoms with Gasteiger partial charge in [-0.25, -0.2) is 0 Å². The molecule has 0 unspecified atom stereocenters.